The summed E-state index contributed by atoms with van der Waals surface area (Å²) in [4.78, 5) is 82.7. The number of hydrogen-bond acceptors (Lipinski definition) is 11. The van der Waals surface area contributed by atoms with Gasteiger partial charge in [0.05, 0.1) is 6.54 Å². The zero-order chi connectivity index (χ0) is 40.6. The third kappa shape index (κ3) is 16.7. The first-order valence-electron chi connectivity index (χ1n) is 19.3. The number of aromatic nitrogens is 1. The number of amides is 5. The van der Waals surface area contributed by atoms with Crippen molar-refractivity contribution in [1.82, 2.24) is 31.6 Å². The highest BCUT2D eigenvalue weighted by Crippen LogP contribution is 2.20. The Balaban J connectivity index is 2.43. The fourth-order valence-electron chi connectivity index (χ4n) is 6.11. The number of hydrogen-bond donors (Lipinski definition) is 12. The van der Waals surface area contributed by atoms with Crippen LogP contribution in [-0.4, -0.2) is 109 Å². The fourth-order valence-corrected chi connectivity index (χ4v) is 6.11. The molecular weight excluding hydrogens is 710 g/mol. The molecule has 55 heavy (non-hydrogen) atoms. The van der Waals surface area contributed by atoms with Crippen molar-refractivity contribution in [2.24, 2.45) is 28.7 Å². The molecule has 5 atom stereocenters. The SMILES string of the molecule is NCCCC[C@H](NC(=O)[C@H](CCCCN)NC(=O)[C@H](Cc1c[nH]c2ccccc12)NC(=O)[C@H](CCCCN)NC(=O)[C@H](CCCCN)NC(=O)CN)C(=O)O. The molecule has 2 rings (SSSR count). The average Bonchev–Trinajstić information content (AvgIpc) is 3.58. The first kappa shape index (κ1) is 46.5. The minimum absolute atomic E-state index is 0.00724. The van der Waals surface area contributed by atoms with Crippen LogP contribution in [0.25, 0.3) is 10.9 Å². The van der Waals surface area contributed by atoms with E-state index in [2.05, 4.69) is 31.6 Å². The number of fused-ring (bicyclic) bond motifs is 1. The van der Waals surface area contributed by atoms with Crippen LogP contribution in [0.4, 0.5) is 0 Å². The lowest BCUT2D eigenvalue weighted by Gasteiger charge is -2.27. The number of aromatic amines is 1. The van der Waals surface area contributed by atoms with Gasteiger partial charge in [-0.25, -0.2) is 4.79 Å². The van der Waals surface area contributed by atoms with Gasteiger partial charge in [0.15, 0.2) is 0 Å². The molecule has 308 valence electrons. The summed E-state index contributed by atoms with van der Waals surface area (Å²) in [6, 6.07) is 1.78. The Bertz CT molecular complexity index is 1500. The number of nitrogens with one attached hydrogen (secondary N) is 6. The summed E-state index contributed by atoms with van der Waals surface area (Å²) in [5, 5.41) is 24.1. The van der Waals surface area contributed by atoms with Crippen molar-refractivity contribution in [3.05, 3.63) is 36.0 Å². The van der Waals surface area contributed by atoms with Crippen LogP contribution in [0.5, 0.6) is 0 Å². The Morgan fingerprint density at radius 2 is 0.945 bits per heavy atom. The molecule has 1 aromatic carbocycles. The Morgan fingerprint density at radius 3 is 1.40 bits per heavy atom. The van der Waals surface area contributed by atoms with E-state index < -0.39 is 65.7 Å². The van der Waals surface area contributed by atoms with Crippen LogP contribution in [-0.2, 0) is 35.2 Å². The molecule has 0 bridgehead atoms. The molecule has 0 unspecified atom stereocenters. The van der Waals surface area contributed by atoms with Crippen LogP contribution in [0, 0.1) is 0 Å². The van der Waals surface area contributed by atoms with E-state index in [9.17, 15) is 33.9 Å². The smallest absolute Gasteiger partial charge is 0.326 e. The van der Waals surface area contributed by atoms with E-state index in [-0.39, 0.29) is 38.6 Å². The number of carboxylic acids is 1. The molecule has 0 saturated carbocycles. The van der Waals surface area contributed by atoms with E-state index in [0.717, 1.165) is 10.9 Å². The van der Waals surface area contributed by atoms with Crippen molar-refractivity contribution in [3.63, 3.8) is 0 Å². The molecule has 0 radical (unpaired) electrons. The quantitative estimate of drug-likeness (QED) is 0.0429. The number of para-hydroxylation sites is 1. The highest BCUT2D eigenvalue weighted by molar-refractivity contribution is 5.96. The zero-order valence-corrected chi connectivity index (χ0v) is 31.8. The van der Waals surface area contributed by atoms with Crippen LogP contribution < -0.4 is 55.3 Å². The van der Waals surface area contributed by atoms with Gasteiger partial charge in [0, 0.05) is 23.5 Å². The van der Waals surface area contributed by atoms with Gasteiger partial charge in [-0.05, 0) is 115 Å². The number of carbonyl (C=O) groups excluding carboxylic acids is 5. The molecule has 2 aromatic rings. The summed E-state index contributed by atoms with van der Waals surface area (Å²) in [5.74, 6) is -4.39. The number of aliphatic carboxylic acids is 1. The fraction of sp³-hybridized carbons (Fsp3) is 0.622. The molecular formula is C37H63N11O7. The highest BCUT2D eigenvalue weighted by atomic mass is 16.4. The van der Waals surface area contributed by atoms with Crippen molar-refractivity contribution >= 4 is 46.4 Å². The van der Waals surface area contributed by atoms with Gasteiger partial charge in [0.1, 0.15) is 30.2 Å². The van der Waals surface area contributed by atoms with Crippen molar-refractivity contribution in [2.75, 3.05) is 32.7 Å². The van der Waals surface area contributed by atoms with Gasteiger partial charge in [-0.1, -0.05) is 18.2 Å². The van der Waals surface area contributed by atoms with Crippen molar-refractivity contribution < 1.29 is 33.9 Å². The highest BCUT2D eigenvalue weighted by Gasteiger charge is 2.33. The second kappa shape index (κ2) is 26.2. The Morgan fingerprint density at radius 1 is 0.545 bits per heavy atom. The second-order valence-electron chi connectivity index (χ2n) is 13.6. The predicted molar refractivity (Wildman–Crippen MR) is 210 cm³/mol. The van der Waals surface area contributed by atoms with Gasteiger partial charge in [-0.3, -0.25) is 24.0 Å². The number of unbranched alkanes of at least 4 members (excludes halogenated alkanes) is 4. The summed E-state index contributed by atoms with van der Waals surface area (Å²) in [5.41, 5.74) is 29.6. The van der Waals surface area contributed by atoms with Crippen molar-refractivity contribution in [3.8, 4) is 0 Å². The van der Waals surface area contributed by atoms with Crippen LogP contribution >= 0.6 is 0 Å². The number of benzene rings is 1. The van der Waals surface area contributed by atoms with Crippen LogP contribution in [0.3, 0.4) is 0 Å². The molecule has 18 nitrogen and oxygen atoms in total. The lowest BCUT2D eigenvalue weighted by molar-refractivity contribution is -0.142. The van der Waals surface area contributed by atoms with E-state index in [1.165, 1.54) is 0 Å². The third-order valence-corrected chi connectivity index (χ3v) is 9.24. The Kier molecular flexibility index (Phi) is 22.2. The standard InChI is InChI=1S/C37H63N11O7/c38-17-7-3-13-27(44-32(49)22-42)33(50)45-29(15-5-9-19-40)35(52)48-31(21-24-23-43-26-12-2-1-11-25(24)26)36(53)46-28(14-4-8-18-39)34(51)47-30(37(54)55)16-6-10-20-41/h1-2,11-12,23,27-31,43H,3-10,13-22,38-42H2,(H,44,49)(H,45,50)(H,46,53)(H,47,51)(H,48,52)(H,54,55)/t27-,28-,29-,30-,31-/m0/s1. The Labute approximate surface area is 322 Å². The van der Waals surface area contributed by atoms with Crippen molar-refractivity contribution in [2.45, 2.75) is 114 Å². The molecule has 17 N–H and O–H groups in total. The molecule has 0 aliphatic rings. The molecule has 5 amide bonds. The number of nitrogens with two attached hydrogens (primary N) is 5. The monoisotopic (exact) mass is 773 g/mol. The lowest BCUT2D eigenvalue weighted by Crippen LogP contribution is -2.59. The minimum atomic E-state index is -1.23. The maximum atomic E-state index is 14.2. The van der Waals surface area contributed by atoms with Gasteiger partial charge in [-0.2, -0.15) is 0 Å². The topological polar surface area (TPSA) is 329 Å². The summed E-state index contributed by atoms with van der Waals surface area (Å²) in [6.45, 7) is 1.14. The largest absolute Gasteiger partial charge is 0.480 e. The number of H-pyrrole nitrogens is 1. The summed E-state index contributed by atoms with van der Waals surface area (Å²) < 4.78 is 0. The first-order valence-corrected chi connectivity index (χ1v) is 19.3. The Hall–Kier alpha value is -4.62. The van der Waals surface area contributed by atoms with E-state index in [1.54, 1.807) is 6.20 Å². The lowest BCUT2D eigenvalue weighted by atomic mass is 10.0. The molecule has 0 fully saturated rings. The number of rotatable bonds is 29. The summed E-state index contributed by atoms with van der Waals surface area (Å²) >= 11 is 0. The summed E-state index contributed by atoms with van der Waals surface area (Å²) in [6.07, 6.45) is 6.76. The predicted octanol–water partition coefficient (Wildman–Crippen LogP) is -1.31. The zero-order valence-electron chi connectivity index (χ0n) is 31.8. The molecule has 1 aromatic heterocycles. The van der Waals surface area contributed by atoms with Crippen LogP contribution in [0.15, 0.2) is 30.5 Å². The molecule has 1 heterocycles. The second-order valence-corrected chi connectivity index (χ2v) is 13.6. The first-order chi connectivity index (χ1) is 26.5. The summed E-state index contributed by atoms with van der Waals surface area (Å²) in [7, 11) is 0. The van der Waals surface area contributed by atoms with E-state index in [1.807, 2.05) is 24.3 Å². The van der Waals surface area contributed by atoms with Gasteiger partial charge in [0.2, 0.25) is 29.5 Å². The van der Waals surface area contributed by atoms with Gasteiger partial charge in [-0.15, -0.1) is 0 Å². The van der Waals surface area contributed by atoms with E-state index in [4.69, 9.17) is 28.7 Å². The van der Waals surface area contributed by atoms with E-state index >= 15 is 0 Å². The van der Waals surface area contributed by atoms with Gasteiger partial charge < -0.3 is 65.3 Å². The molecule has 0 aliphatic heterocycles. The van der Waals surface area contributed by atoms with Gasteiger partial charge in [0.25, 0.3) is 0 Å². The van der Waals surface area contributed by atoms with Crippen LogP contribution in [0.1, 0.15) is 82.6 Å². The number of carboxylic acid groups (broad SMARTS) is 1. The van der Waals surface area contributed by atoms with Gasteiger partial charge >= 0.3 is 5.97 Å². The molecule has 0 aliphatic carbocycles. The average molecular weight is 774 g/mol. The van der Waals surface area contributed by atoms with Crippen LogP contribution in [0.2, 0.25) is 0 Å². The molecule has 0 saturated heterocycles. The molecule has 0 spiro atoms. The maximum absolute atomic E-state index is 14.2. The molecule has 18 heteroatoms. The maximum Gasteiger partial charge on any atom is 0.326 e. The minimum Gasteiger partial charge on any atom is -0.480 e. The van der Waals surface area contributed by atoms with E-state index in [0.29, 0.717) is 83.1 Å². The van der Waals surface area contributed by atoms with Crippen molar-refractivity contribution in [1.29, 1.82) is 0 Å². The number of carbonyl (C=O) groups is 6. The third-order valence-electron chi connectivity index (χ3n) is 9.24. The normalized spacial score (nSPS) is 13.9.